The van der Waals surface area contributed by atoms with Crippen molar-refractivity contribution in [1.82, 2.24) is 15.0 Å². The Bertz CT molecular complexity index is 1410. The maximum atomic E-state index is 12.6. The summed E-state index contributed by atoms with van der Waals surface area (Å²) < 4.78 is 2.09. The van der Waals surface area contributed by atoms with Crippen molar-refractivity contribution >= 4 is 81.8 Å². The number of benzene rings is 2. The first kappa shape index (κ1) is 20.6. The van der Waals surface area contributed by atoms with Crippen LogP contribution in [0.4, 0.5) is 5.13 Å². The van der Waals surface area contributed by atoms with Crippen molar-refractivity contribution in [2.45, 2.75) is 11.9 Å². The Hall–Kier alpha value is -2.33. The number of carbonyl (C=O) groups excluding carboxylic acids is 1. The number of aryl methyl sites for hydroxylation is 1. The number of halogens is 1. The smallest absolute Gasteiger partial charge is 0.236 e. The van der Waals surface area contributed by atoms with Crippen LogP contribution in [0.5, 0.6) is 0 Å². The molecule has 0 fully saturated rings. The first-order valence-electron chi connectivity index (χ1n) is 9.35. The summed E-state index contributed by atoms with van der Waals surface area (Å²) in [7, 11) is 0. The summed E-state index contributed by atoms with van der Waals surface area (Å²) in [6.07, 6.45) is 1.56. The molecule has 0 unspecified atom stereocenters. The molecule has 0 aliphatic rings. The Morgan fingerprint density at radius 3 is 2.84 bits per heavy atom. The van der Waals surface area contributed by atoms with E-state index in [9.17, 15) is 4.79 Å². The van der Waals surface area contributed by atoms with Crippen LogP contribution in [0.1, 0.15) is 5.56 Å². The monoisotopic (exact) mass is 526 g/mol. The van der Waals surface area contributed by atoms with Crippen LogP contribution in [0, 0.1) is 6.92 Å². The molecule has 0 spiro atoms. The third-order valence-corrected chi connectivity index (χ3v) is 7.98. The molecular weight excluding hydrogens is 512 g/mol. The van der Waals surface area contributed by atoms with E-state index >= 15 is 0 Å². The molecule has 1 amide bonds. The van der Waals surface area contributed by atoms with Gasteiger partial charge in [-0.05, 0) is 42.3 Å². The molecule has 2 aromatic carbocycles. The number of thiazole rings is 1. The highest BCUT2D eigenvalue weighted by atomic mass is 79.9. The number of amides is 1. The van der Waals surface area contributed by atoms with Crippen molar-refractivity contribution in [3.63, 3.8) is 0 Å². The number of hydrogen-bond donors (Lipinski definition) is 1. The molecule has 0 atom stereocenters. The molecule has 5 aromatic rings. The number of thioether (sulfide) groups is 1. The summed E-state index contributed by atoms with van der Waals surface area (Å²) >= 11 is 7.96. The summed E-state index contributed by atoms with van der Waals surface area (Å²) in [4.78, 5) is 26.9. The van der Waals surface area contributed by atoms with Gasteiger partial charge in [0.25, 0.3) is 0 Å². The Kier molecular flexibility index (Phi) is 5.75. The standard InChI is InChI=1S/C22H15BrN4OS3/c1-12-2-7-17-16(8-12)26-22(31-17)27-18(28)10-30-21-19-15(9-29-20(19)24-11-25-21)13-3-5-14(23)6-4-13/h2-9,11H,10H2,1H3,(H,26,27,28). The Balaban J connectivity index is 1.35. The molecule has 0 saturated carbocycles. The molecule has 5 nitrogen and oxygen atoms in total. The predicted molar refractivity (Wildman–Crippen MR) is 134 cm³/mol. The zero-order chi connectivity index (χ0) is 21.4. The second-order valence-corrected chi connectivity index (χ2v) is 10.6. The summed E-state index contributed by atoms with van der Waals surface area (Å²) in [6.45, 7) is 2.03. The molecule has 0 aliphatic carbocycles. The topological polar surface area (TPSA) is 67.8 Å². The minimum atomic E-state index is -0.104. The average Bonchev–Trinajstić information content (AvgIpc) is 3.36. The van der Waals surface area contributed by atoms with E-state index in [-0.39, 0.29) is 11.7 Å². The Morgan fingerprint density at radius 1 is 1.16 bits per heavy atom. The zero-order valence-electron chi connectivity index (χ0n) is 16.3. The van der Waals surface area contributed by atoms with Gasteiger partial charge < -0.3 is 5.32 Å². The summed E-state index contributed by atoms with van der Waals surface area (Å²) in [5.74, 6) is 0.143. The molecule has 154 valence electrons. The lowest BCUT2D eigenvalue weighted by molar-refractivity contribution is -0.113. The molecule has 0 bridgehead atoms. The van der Waals surface area contributed by atoms with E-state index < -0.39 is 0 Å². The van der Waals surface area contributed by atoms with Gasteiger partial charge in [0.1, 0.15) is 16.2 Å². The number of rotatable bonds is 5. The fourth-order valence-electron chi connectivity index (χ4n) is 3.18. The van der Waals surface area contributed by atoms with Gasteiger partial charge in [-0.1, -0.05) is 57.2 Å². The number of hydrogen-bond acceptors (Lipinski definition) is 7. The van der Waals surface area contributed by atoms with Crippen LogP contribution < -0.4 is 5.32 Å². The van der Waals surface area contributed by atoms with Gasteiger partial charge in [-0.3, -0.25) is 4.79 Å². The van der Waals surface area contributed by atoms with Gasteiger partial charge in [-0.25, -0.2) is 15.0 Å². The van der Waals surface area contributed by atoms with Crippen LogP contribution in [-0.2, 0) is 4.79 Å². The number of thiophene rings is 1. The van der Waals surface area contributed by atoms with E-state index in [1.54, 1.807) is 17.7 Å². The molecule has 1 N–H and O–H groups in total. The number of nitrogens with one attached hydrogen (secondary N) is 1. The normalized spacial score (nSPS) is 11.3. The van der Waals surface area contributed by atoms with Gasteiger partial charge in [-0.15, -0.1) is 11.3 Å². The first-order valence-corrected chi connectivity index (χ1v) is 12.8. The van der Waals surface area contributed by atoms with Crippen LogP contribution >= 0.6 is 50.4 Å². The number of anilines is 1. The van der Waals surface area contributed by atoms with Gasteiger partial charge in [-0.2, -0.15) is 0 Å². The first-order chi connectivity index (χ1) is 15.1. The van der Waals surface area contributed by atoms with Crippen molar-refractivity contribution in [2.24, 2.45) is 0 Å². The van der Waals surface area contributed by atoms with E-state index in [0.717, 1.165) is 46.6 Å². The minimum Gasteiger partial charge on any atom is -0.301 e. The van der Waals surface area contributed by atoms with E-state index in [1.807, 2.05) is 37.3 Å². The van der Waals surface area contributed by atoms with E-state index in [1.165, 1.54) is 23.1 Å². The van der Waals surface area contributed by atoms with Crippen LogP contribution in [0.3, 0.4) is 0 Å². The molecule has 31 heavy (non-hydrogen) atoms. The van der Waals surface area contributed by atoms with Gasteiger partial charge in [0, 0.05) is 15.4 Å². The number of aromatic nitrogens is 3. The quantitative estimate of drug-likeness (QED) is 0.202. The molecule has 0 saturated heterocycles. The second-order valence-electron chi connectivity index (χ2n) is 6.84. The molecule has 9 heteroatoms. The van der Waals surface area contributed by atoms with Crippen molar-refractivity contribution in [3.05, 3.63) is 64.2 Å². The summed E-state index contributed by atoms with van der Waals surface area (Å²) in [5, 5.41) is 7.42. The minimum absolute atomic E-state index is 0.104. The highest BCUT2D eigenvalue weighted by Gasteiger charge is 2.15. The zero-order valence-corrected chi connectivity index (χ0v) is 20.3. The van der Waals surface area contributed by atoms with Crippen molar-refractivity contribution < 1.29 is 4.79 Å². The molecule has 5 rings (SSSR count). The van der Waals surface area contributed by atoms with Crippen molar-refractivity contribution in [1.29, 1.82) is 0 Å². The molecule has 3 aromatic heterocycles. The number of nitrogens with zero attached hydrogens (tertiary/aromatic N) is 3. The third kappa shape index (κ3) is 4.36. The third-order valence-electron chi connectivity index (χ3n) is 4.62. The average molecular weight is 527 g/mol. The highest BCUT2D eigenvalue weighted by Crippen LogP contribution is 2.38. The maximum Gasteiger partial charge on any atom is 0.236 e. The SMILES string of the molecule is Cc1ccc2sc(NC(=O)CSc3ncnc4scc(-c5ccc(Br)cc5)c34)nc2c1. The van der Waals surface area contributed by atoms with Gasteiger partial charge >= 0.3 is 0 Å². The van der Waals surface area contributed by atoms with Gasteiger partial charge in [0.05, 0.1) is 21.4 Å². The van der Waals surface area contributed by atoms with Crippen LogP contribution in [0.2, 0.25) is 0 Å². The highest BCUT2D eigenvalue weighted by molar-refractivity contribution is 9.10. The van der Waals surface area contributed by atoms with E-state index in [4.69, 9.17) is 0 Å². The van der Waals surface area contributed by atoms with Gasteiger partial charge in [0.15, 0.2) is 5.13 Å². The van der Waals surface area contributed by atoms with Crippen LogP contribution in [0.25, 0.3) is 31.6 Å². The lowest BCUT2D eigenvalue weighted by Gasteiger charge is -2.05. The fourth-order valence-corrected chi connectivity index (χ4v) is 6.10. The van der Waals surface area contributed by atoms with Gasteiger partial charge in [0.2, 0.25) is 5.91 Å². The molecular formula is C22H15BrN4OS3. The fraction of sp³-hybridized carbons (Fsp3) is 0.0909. The predicted octanol–water partition coefficient (Wildman–Crippen LogP) is 6.77. The lowest BCUT2D eigenvalue weighted by atomic mass is 10.1. The number of fused-ring (bicyclic) bond motifs is 2. The van der Waals surface area contributed by atoms with Crippen molar-refractivity contribution in [2.75, 3.05) is 11.1 Å². The largest absolute Gasteiger partial charge is 0.301 e. The second kappa shape index (κ2) is 8.66. The Labute approximate surface area is 199 Å². The number of carbonyl (C=O) groups is 1. The van der Waals surface area contributed by atoms with E-state index in [2.05, 4.69) is 53.7 Å². The van der Waals surface area contributed by atoms with E-state index in [0.29, 0.717) is 5.13 Å². The summed E-state index contributed by atoms with van der Waals surface area (Å²) in [6, 6.07) is 14.3. The summed E-state index contributed by atoms with van der Waals surface area (Å²) in [5.41, 5.74) is 4.23. The van der Waals surface area contributed by atoms with Crippen LogP contribution in [0.15, 0.2) is 63.7 Å². The molecule has 3 heterocycles. The van der Waals surface area contributed by atoms with Crippen LogP contribution in [-0.4, -0.2) is 26.6 Å². The Morgan fingerprint density at radius 2 is 2.00 bits per heavy atom. The molecule has 0 aliphatic heterocycles. The molecule has 0 radical (unpaired) electrons. The maximum absolute atomic E-state index is 12.6. The van der Waals surface area contributed by atoms with Crippen molar-refractivity contribution in [3.8, 4) is 11.1 Å². The lowest BCUT2D eigenvalue weighted by Crippen LogP contribution is -2.13.